The number of benzene rings is 1. The summed E-state index contributed by atoms with van der Waals surface area (Å²) in [6.45, 7) is 2.31. The molecule has 1 fully saturated rings. The summed E-state index contributed by atoms with van der Waals surface area (Å²) in [5, 5.41) is 2.70. The smallest absolute Gasteiger partial charge is 0.381 e. The molecule has 2 amide bonds. The molecule has 1 aliphatic heterocycles. The zero-order chi connectivity index (χ0) is 18.4. The van der Waals surface area contributed by atoms with Gasteiger partial charge in [-0.25, -0.2) is 0 Å². The predicted molar refractivity (Wildman–Crippen MR) is 86.0 cm³/mol. The van der Waals surface area contributed by atoms with Crippen LogP contribution in [-0.2, 0) is 20.5 Å². The summed E-state index contributed by atoms with van der Waals surface area (Å²) in [6.07, 6.45) is -3.31. The van der Waals surface area contributed by atoms with Crippen LogP contribution in [0.15, 0.2) is 24.3 Å². The second-order valence-electron chi connectivity index (χ2n) is 5.86. The third-order valence-electron chi connectivity index (χ3n) is 4.11. The Labute approximate surface area is 144 Å². The molecule has 0 radical (unpaired) electrons. The number of para-hydroxylation sites is 1. The zero-order valence-corrected chi connectivity index (χ0v) is 13.9. The van der Waals surface area contributed by atoms with Crippen LogP contribution in [0.5, 0.6) is 0 Å². The second-order valence-corrected chi connectivity index (χ2v) is 5.86. The molecule has 2 rings (SSSR count). The number of ether oxygens (including phenoxy) is 1. The maximum atomic E-state index is 13.1. The van der Waals surface area contributed by atoms with Crippen LogP contribution in [0.1, 0.15) is 25.3 Å². The van der Waals surface area contributed by atoms with Crippen molar-refractivity contribution in [1.82, 2.24) is 5.32 Å². The molecule has 1 aromatic rings. The van der Waals surface area contributed by atoms with E-state index in [0.717, 1.165) is 11.0 Å². The number of rotatable bonds is 5. The van der Waals surface area contributed by atoms with Gasteiger partial charge in [-0.05, 0) is 25.0 Å². The van der Waals surface area contributed by atoms with Gasteiger partial charge >= 0.3 is 6.18 Å². The van der Waals surface area contributed by atoms with E-state index in [1.165, 1.54) is 25.1 Å². The molecule has 8 heteroatoms. The first-order valence-corrected chi connectivity index (χ1v) is 8.10. The first-order valence-electron chi connectivity index (χ1n) is 8.10. The highest BCUT2D eigenvalue weighted by molar-refractivity contribution is 5.92. The SMILES string of the molecule is CC(=O)N(CCNC(=O)C1CCOCC1)c1ccccc1C(F)(F)F. The number of carbonyl (C=O) groups is 2. The maximum Gasteiger partial charge on any atom is 0.418 e. The summed E-state index contributed by atoms with van der Waals surface area (Å²) < 4.78 is 44.6. The van der Waals surface area contributed by atoms with E-state index in [1.807, 2.05) is 0 Å². The third-order valence-corrected chi connectivity index (χ3v) is 4.11. The third kappa shape index (κ3) is 5.19. The van der Waals surface area contributed by atoms with Crippen molar-refractivity contribution in [3.63, 3.8) is 0 Å². The van der Waals surface area contributed by atoms with Gasteiger partial charge in [-0.2, -0.15) is 13.2 Å². The maximum absolute atomic E-state index is 13.1. The summed E-state index contributed by atoms with van der Waals surface area (Å²) in [7, 11) is 0. The molecule has 1 N–H and O–H groups in total. The van der Waals surface area contributed by atoms with Gasteiger partial charge < -0.3 is 15.0 Å². The Morgan fingerprint density at radius 1 is 1.24 bits per heavy atom. The van der Waals surface area contributed by atoms with Crippen LogP contribution < -0.4 is 10.2 Å². The summed E-state index contributed by atoms with van der Waals surface area (Å²) in [4.78, 5) is 24.9. The van der Waals surface area contributed by atoms with E-state index < -0.39 is 17.6 Å². The minimum Gasteiger partial charge on any atom is -0.381 e. The van der Waals surface area contributed by atoms with Crippen LogP contribution in [0.2, 0.25) is 0 Å². The minimum absolute atomic E-state index is 0.0304. The highest BCUT2D eigenvalue weighted by atomic mass is 19.4. The molecule has 0 unspecified atom stereocenters. The van der Waals surface area contributed by atoms with Crippen LogP contribution in [0, 0.1) is 5.92 Å². The highest BCUT2D eigenvalue weighted by Crippen LogP contribution is 2.36. The van der Waals surface area contributed by atoms with E-state index in [-0.39, 0.29) is 30.6 Å². The van der Waals surface area contributed by atoms with Gasteiger partial charge in [0, 0.05) is 39.1 Å². The Morgan fingerprint density at radius 2 is 1.88 bits per heavy atom. The van der Waals surface area contributed by atoms with Crippen LogP contribution >= 0.6 is 0 Å². The van der Waals surface area contributed by atoms with E-state index in [4.69, 9.17) is 4.74 Å². The lowest BCUT2D eigenvalue weighted by molar-refractivity contribution is -0.137. The average Bonchev–Trinajstić information content (AvgIpc) is 2.58. The molecule has 25 heavy (non-hydrogen) atoms. The van der Waals surface area contributed by atoms with Gasteiger partial charge in [0.2, 0.25) is 11.8 Å². The first-order chi connectivity index (χ1) is 11.8. The van der Waals surface area contributed by atoms with Crippen molar-refractivity contribution in [3.8, 4) is 0 Å². The quantitative estimate of drug-likeness (QED) is 0.880. The van der Waals surface area contributed by atoms with E-state index in [1.54, 1.807) is 0 Å². The number of nitrogens with zero attached hydrogens (tertiary/aromatic N) is 1. The van der Waals surface area contributed by atoms with Gasteiger partial charge in [-0.1, -0.05) is 12.1 Å². The zero-order valence-electron chi connectivity index (χ0n) is 13.9. The van der Waals surface area contributed by atoms with Crippen molar-refractivity contribution < 1.29 is 27.5 Å². The van der Waals surface area contributed by atoms with Crippen molar-refractivity contribution in [3.05, 3.63) is 29.8 Å². The van der Waals surface area contributed by atoms with Gasteiger partial charge in [0.15, 0.2) is 0 Å². The number of carbonyl (C=O) groups excluding carboxylic acids is 2. The number of hydrogen-bond acceptors (Lipinski definition) is 3. The Hall–Kier alpha value is -2.09. The van der Waals surface area contributed by atoms with Crippen LogP contribution in [-0.4, -0.2) is 38.1 Å². The Morgan fingerprint density at radius 3 is 2.48 bits per heavy atom. The van der Waals surface area contributed by atoms with E-state index in [2.05, 4.69) is 5.32 Å². The topological polar surface area (TPSA) is 58.6 Å². The van der Waals surface area contributed by atoms with Crippen molar-refractivity contribution >= 4 is 17.5 Å². The molecule has 1 heterocycles. The molecule has 0 atom stereocenters. The molecule has 1 aliphatic rings. The molecule has 0 spiro atoms. The van der Waals surface area contributed by atoms with Crippen molar-refractivity contribution in [2.24, 2.45) is 5.92 Å². The van der Waals surface area contributed by atoms with Gasteiger partial charge in [-0.3, -0.25) is 9.59 Å². The summed E-state index contributed by atoms with van der Waals surface area (Å²) in [5.74, 6) is -0.824. The second kappa shape index (κ2) is 8.33. The van der Waals surface area contributed by atoms with Gasteiger partial charge in [0.05, 0.1) is 11.3 Å². The number of hydrogen-bond donors (Lipinski definition) is 1. The highest BCUT2D eigenvalue weighted by Gasteiger charge is 2.35. The molecular weight excluding hydrogens is 337 g/mol. The Kier molecular flexibility index (Phi) is 6.41. The average molecular weight is 358 g/mol. The van der Waals surface area contributed by atoms with Crippen LogP contribution in [0.25, 0.3) is 0 Å². The van der Waals surface area contributed by atoms with Crippen molar-refractivity contribution in [1.29, 1.82) is 0 Å². The van der Waals surface area contributed by atoms with Crippen molar-refractivity contribution in [2.45, 2.75) is 25.9 Å². The monoisotopic (exact) mass is 358 g/mol. The van der Waals surface area contributed by atoms with Crippen LogP contribution in [0.3, 0.4) is 0 Å². The van der Waals surface area contributed by atoms with Crippen molar-refractivity contribution in [2.75, 3.05) is 31.2 Å². The fourth-order valence-corrected chi connectivity index (χ4v) is 2.79. The molecular formula is C17H21F3N2O3. The lowest BCUT2D eigenvalue weighted by Gasteiger charge is -2.26. The van der Waals surface area contributed by atoms with Crippen LogP contribution in [0.4, 0.5) is 18.9 Å². The molecule has 1 saturated heterocycles. The largest absolute Gasteiger partial charge is 0.418 e. The Bertz CT molecular complexity index is 613. The molecule has 0 bridgehead atoms. The van der Waals surface area contributed by atoms with Gasteiger partial charge in [0.25, 0.3) is 0 Å². The fraction of sp³-hybridized carbons (Fsp3) is 0.529. The number of halogens is 3. The van der Waals surface area contributed by atoms with E-state index in [9.17, 15) is 22.8 Å². The summed E-state index contributed by atoms with van der Waals surface area (Å²) in [5.41, 5.74) is -1.08. The molecule has 5 nitrogen and oxygen atoms in total. The number of amides is 2. The normalized spacial score (nSPS) is 15.7. The first kappa shape index (κ1) is 19.2. The van der Waals surface area contributed by atoms with Gasteiger partial charge in [-0.15, -0.1) is 0 Å². The molecule has 0 saturated carbocycles. The lowest BCUT2D eigenvalue weighted by Crippen LogP contribution is -2.41. The Balaban J connectivity index is 2.02. The number of alkyl halides is 3. The molecule has 0 aromatic heterocycles. The summed E-state index contributed by atoms with van der Waals surface area (Å²) in [6, 6.07) is 4.91. The standard InChI is InChI=1S/C17H21F3N2O3/c1-12(23)22(15-5-3-2-4-14(15)17(18,19)20)9-8-21-16(24)13-6-10-25-11-7-13/h2-5,13H,6-11H2,1H3,(H,21,24). The van der Waals surface area contributed by atoms with Gasteiger partial charge in [0.1, 0.15) is 0 Å². The van der Waals surface area contributed by atoms with E-state index in [0.29, 0.717) is 26.1 Å². The summed E-state index contributed by atoms with van der Waals surface area (Å²) >= 11 is 0. The molecule has 1 aromatic carbocycles. The minimum atomic E-state index is -4.56. The number of anilines is 1. The lowest BCUT2D eigenvalue weighted by atomic mass is 9.99. The van der Waals surface area contributed by atoms with E-state index >= 15 is 0 Å². The molecule has 0 aliphatic carbocycles. The number of nitrogens with one attached hydrogen (secondary N) is 1. The predicted octanol–water partition coefficient (Wildman–Crippen LogP) is 2.60. The fourth-order valence-electron chi connectivity index (χ4n) is 2.79. The molecule has 138 valence electrons.